The first-order valence-corrected chi connectivity index (χ1v) is 4.24. The van der Waals surface area contributed by atoms with Gasteiger partial charge in [-0.1, -0.05) is 12.2 Å². The van der Waals surface area contributed by atoms with Crippen LogP contribution in [0, 0.1) is 0 Å². The van der Waals surface area contributed by atoms with Gasteiger partial charge in [0.25, 0.3) is 0 Å². The van der Waals surface area contributed by atoms with Crippen molar-refractivity contribution in [2.24, 2.45) is 5.73 Å². The molecule has 0 radical (unpaired) electrons. The van der Waals surface area contributed by atoms with E-state index in [1.807, 2.05) is 0 Å². The Bertz CT molecular complexity index is 237. The van der Waals surface area contributed by atoms with Gasteiger partial charge in [0, 0.05) is 13.2 Å². The SMILES string of the molecule is NCCOB1OCC2=CCC=C12. The van der Waals surface area contributed by atoms with Gasteiger partial charge in [0.05, 0.1) is 6.61 Å². The number of rotatable bonds is 3. The minimum absolute atomic E-state index is 0.151. The van der Waals surface area contributed by atoms with E-state index in [4.69, 9.17) is 15.0 Å². The van der Waals surface area contributed by atoms with E-state index in [-0.39, 0.29) is 7.12 Å². The predicted octanol–water partition coefficient (Wildman–Crippen LogP) is 0.276. The first-order chi connectivity index (χ1) is 5.92. The third kappa shape index (κ3) is 1.33. The van der Waals surface area contributed by atoms with Crippen LogP contribution < -0.4 is 5.73 Å². The highest BCUT2D eigenvalue weighted by atomic mass is 16.6. The largest absolute Gasteiger partial charge is 0.494 e. The molecule has 1 heterocycles. The molecule has 3 nitrogen and oxygen atoms in total. The van der Waals surface area contributed by atoms with Gasteiger partial charge in [-0.2, -0.15) is 0 Å². The molecule has 4 heteroatoms. The molecule has 0 aromatic rings. The van der Waals surface area contributed by atoms with E-state index in [9.17, 15) is 0 Å². The van der Waals surface area contributed by atoms with E-state index in [1.165, 1.54) is 11.0 Å². The Morgan fingerprint density at radius 2 is 2.50 bits per heavy atom. The average Bonchev–Trinajstić information content (AvgIpc) is 2.62. The van der Waals surface area contributed by atoms with Gasteiger partial charge in [-0.15, -0.1) is 0 Å². The van der Waals surface area contributed by atoms with Crippen LogP contribution in [0.4, 0.5) is 0 Å². The highest BCUT2D eigenvalue weighted by Gasteiger charge is 2.34. The van der Waals surface area contributed by atoms with Gasteiger partial charge in [-0.3, -0.25) is 0 Å². The normalized spacial score (nSPS) is 20.9. The van der Waals surface area contributed by atoms with Gasteiger partial charge in [-0.25, -0.2) is 0 Å². The maximum absolute atomic E-state index is 5.41. The molecule has 2 aliphatic rings. The molecule has 2 rings (SSSR count). The topological polar surface area (TPSA) is 44.5 Å². The van der Waals surface area contributed by atoms with Crippen LogP contribution in [0.3, 0.4) is 0 Å². The van der Waals surface area contributed by atoms with E-state index in [0.29, 0.717) is 19.8 Å². The predicted molar refractivity (Wildman–Crippen MR) is 47.5 cm³/mol. The number of nitrogens with two attached hydrogens (primary N) is 1. The molecule has 2 N–H and O–H groups in total. The van der Waals surface area contributed by atoms with Crippen molar-refractivity contribution >= 4 is 7.12 Å². The van der Waals surface area contributed by atoms with Crippen LogP contribution in [0.5, 0.6) is 0 Å². The molecule has 0 bridgehead atoms. The quantitative estimate of drug-likeness (QED) is 0.610. The zero-order chi connectivity index (χ0) is 8.39. The summed E-state index contributed by atoms with van der Waals surface area (Å²) in [5, 5.41) is 0. The van der Waals surface area contributed by atoms with Crippen molar-refractivity contribution in [3.63, 3.8) is 0 Å². The smallest absolute Gasteiger partial charge is 0.406 e. The van der Waals surface area contributed by atoms with Crippen LogP contribution in [-0.4, -0.2) is 26.9 Å². The monoisotopic (exact) mass is 165 g/mol. The van der Waals surface area contributed by atoms with Gasteiger partial charge in [-0.05, 0) is 17.5 Å². The fraction of sp³-hybridized carbons (Fsp3) is 0.500. The molecule has 12 heavy (non-hydrogen) atoms. The molecular formula is C8H12BNO2. The van der Waals surface area contributed by atoms with E-state index in [0.717, 1.165) is 6.42 Å². The molecule has 1 fully saturated rings. The molecule has 0 aromatic heterocycles. The van der Waals surface area contributed by atoms with Crippen molar-refractivity contribution in [2.75, 3.05) is 19.8 Å². The van der Waals surface area contributed by atoms with Crippen molar-refractivity contribution in [3.05, 3.63) is 23.2 Å². The second-order valence-electron chi connectivity index (χ2n) is 2.93. The van der Waals surface area contributed by atoms with E-state index < -0.39 is 0 Å². The van der Waals surface area contributed by atoms with E-state index in [2.05, 4.69) is 12.2 Å². The molecule has 1 aliphatic heterocycles. The third-order valence-corrected chi connectivity index (χ3v) is 2.10. The first-order valence-electron chi connectivity index (χ1n) is 4.24. The molecule has 0 amide bonds. The second kappa shape index (κ2) is 3.43. The molecule has 1 saturated heterocycles. The first kappa shape index (κ1) is 8.04. The number of hydrogen-bond donors (Lipinski definition) is 1. The Morgan fingerprint density at radius 1 is 1.58 bits per heavy atom. The number of fused-ring (bicyclic) bond motifs is 1. The zero-order valence-electron chi connectivity index (χ0n) is 6.95. The van der Waals surface area contributed by atoms with Crippen LogP contribution in [0.15, 0.2) is 23.2 Å². The number of allylic oxidation sites excluding steroid dienone is 2. The Kier molecular flexibility index (Phi) is 2.30. The zero-order valence-corrected chi connectivity index (χ0v) is 6.95. The van der Waals surface area contributed by atoms with Gasteiger partial charge < -0.3 is 15.0 Å². The molecular weight excluding hydrogens is 153 g/mol. The van der Waals surface area contributed by atoms with Crippen molar-refractivity contribution in [2.45, 2.75) is 6.42 Å². The summed E-state index contributed by atoms with van der Waals surface area (Å²) in [5.41, 5.74) is 7.83. The molecule has 1 aliphatic carbocycles. The minimum atomic E-state index is -0.151. The fourth-order valence-electron chi connectivity index (χ4n) is 1.54. The van der Waals surface area contributed by atoms with Crippen LogP contribution in [0.1, 0.15) is 6.42 Å². The highest BCUT2D eigenvalue weighted by molar-refractivity contribution is 6.56. The molecule has 0 atom stereocenters. The summed E-state index contributed by atoms with van der Waals surface area (Å²) in [6.45, 7) is 1.81. The van der Waals surface area contributed by atoms with Gasteiger partial charge in [0.1, 0.15) is 0 Å². The maximum Gasteiger partial charge on any atom is 0.494 e. The van der Waals surface area contributed by atoms with Crippen LogP contribution in [0.2, 0.25) is 0 Å². The summed E-state index contributed by atoms with van der Waals surface area (Å²) in [6.07, 6.45) is 5.36. The summed E-state index contributed by atoms with van der Waals surface area (Å²) in [5.74, 6) is 0. The Hall–Kier alpha value is -0.575. The van der Waals surface area contributed by atoms with Crippen LogP contribution >= 0.6 is 0 Å². The summed E-state index contributed by atoms with van der Waals surface area (Å²) in [7, 11) is -0.151. The maximum atomic E-state index is 5.41. The second-order valence-corrected chi connectivity index (χ2v) is 2.93. The molecule has 0 saturated carbocycles. The van der Waals surface area contributed by atoms with E-state index in [1.54, 1.807) is 0 Å². The lowest BCUT2D eigenvalue weighted by Crippen LogP contribution is -2.23. The number of hydrogen-bond acceptors (Lipinski definition) is 3. The Labute approximate surface area is 72.4 Å². The third-order valence-electron chi connectivity index (χ3n) is 2.10. The lowest BCUT2D eigenvalue weighted by atomic mass is 9.78. The lowest BCUT2D eigenvalue weighted by molar-refractivity contribution is 0.237. The highest BCUT2D eigenvalue weighted by Crippen LogP contribution is 2.28. The van der Waals surface area contributed by atoms with Gasteiger partial charge >= 0.3 is 7.12 Å². The fourth-order valence-corrected chi connectivity index (χ4v) is 1.54. The Morgan fingerprint density at radius 3 is 3.33 bits per heavy atom. The van der Waals surface area contributed by atoms with Crippen LogP contribution in [0.25, 0.3) is 0 Å². The van der Waals surface area contributed by atoms with Gasteiger partial charge in [0.2, 0.25) is 0 Å². The summed E-state index contributed by atoms with van der Waals surface area (Å²) in [4.78, 5) is 0. The molecule has 64 valence electrons. The molecule has 0 aromatic carbocycles. The molecule has 0 spiro atoms. The van der Waals surface area contributed by atoms with Crippen molar-refractivity contribution in [1.29, 1.82) is 0 Å². The lowest BCUT2D eigenvalue weighted by Gasteiger charge is -2.05. The Balaban J connectivity index is 1.96. The summed E-state index contributed by atoms with van der Waals surface area (Å²) < 4.78 is 10.8. The van der Waals surface area contributed by atoms with E-state index >= 15 is 0 Å². The standard InChI is InChI=1S/C8H12BNO2/c10-4-5-11-9-8-3-1-2-7(8)6-12-9/h2-3H,1,4-6,10H2. The summed E-state index contributed by atoms with van der Waals surface area (Å²) in [6, 6.07) is 0. The van der Waals surface area contributed by atoms with Crippen molar-refractivity contribution in [3.8, 4) is 0 Å². The average molecular weight is 165 g/mol. The van der Waals surface area contributed by atoms with Gasteiger partial charge in [0.15, 0.2) is 0 Å². The minimum Gasteiger partial charge on any atom is -0.406 e. The summed E-state index contributed by atoms with van der Waals surface area (Å²) >= 11 is 0. The molecule has 0 unspecified atom stereocenters. The van der Waals surface area contributed by atoms with Crippen LogP contribution in [-0.2, 0) is 9.31 Å². The van der Waals surface area contributed by atoms with Crippen molar-refractivity contribution in [1.82, 2.24) is 0 Å². The van der Waals surface area contributed by atoms with Crippen molar-refractivity contribution < 1.29 is 9.31 Å².